The van der Waals surface area contributed by atoms with Crippen LogP contribution in [0.2, 0.25) is 0 Å². The molecular weight excluding hydrogens is 417 g/mol. The summed E-state index contributed by atoms with van der Waals surface area (Å²) in [6.07, 6.45) is 2.06. The zero-order valence-electron chi connectivity index (χ0n) is 18.1. The predicted molar refractivity (Wildman–Crippen MR) is 127 cm³/mol. The second-order valence-corrected chi connectivity index (χ2v) is 8.34. The normalized spacial score (nSPS) is 13.4. The summed E-state index contributed by atoms with van der Waals surface area (Å²) >= 11 is 0. The molecule has 2 heterocycles. The first-order chi connectivity index (χ1) is 16.1. The van der Waals surface area contributed by atoms with Crippen LogP contribution in [0.1, 0.15) is 39.3 Å². The van der Waals surface area contributed by atoms with E-state index in [0.717, 1.165) is 42.4 Å². The minimum atomic E-state index is -0.457. The van der Waals surface area contributed by atoms with Crippen molar-refractivity contribution in [2.24, 2.45) is 0 Å². The number of amides is 2. The fourth-order valence-electron chi connectivity index (χ4n) is 4.38. The van der Waals surface area contributed by atoms with Gasteiger partial charge >= 0.3 is 0 Å². The number of rotatable bonds is 5. The number of benzene rings is 3. The third-order valence-electron chi connectivity index (χ3n) is 6.04. The highest BCUT2D eigenvalue weighted by molar-refractivity contribution is 6.06. The zero-order valence-corrected chi connectivity index (χ0v) is 18.1. The van der Waals surface area contributed by atoms with E-state index in [2.05, 4.69) is 5.32 Å². The molecule has 6 heteroatoms. The Morgan fingerprint density at radius 1 is 0.879 bits per heavy atom. The van der Waals surface area contributed by atoms with Crippen LogP contribution in [0.4, 0.5) is 10.1 Å². The van der Waals surface area contributed by atoms with Crippen LogP contribution in [0, 0.1) is 5.82 Å². The number of carbonyl (C=O) groups excluding carboxylic acids is 2. The van der Waals surface area contributed by atoms with E-state index in [1.165, 1.54) is 18.2 Å². The molecule has 0 saturated carbocycles. The van der Waals surface area contributed by atoms with Crippen LogP contribution in [-0.4, -0.2) is 34.4 Å². The topological polar surface area (TPSA) is 54.3 Å². The van der Waals surface area contributed by atoms with Crippen LogP contribution < -0.4 is 5.32 Å². The summed E-state index contributed by atoms with van der Waals surface area (Å²) in [5.74, 6) is -0.808. The van der Waals surface area contributed by atoms with Crippen molar-refractivity contribution in [3.05, 3.63) is 102 Å². The molecule has 1 aromatic heterocycles. The number of likely N-dealkylation sites (tertiary alicyclic amines) is 1. The maximum Gasteiger partial charge on any atom is 0.270 e. The Morgan fingerprint density at radius 2 is 1.67 bits per heavy atom. The second-order valence-electron chi connectivity index (χ2n) is 8.34. The minimum Gasteiger partial charge on any atom is -0.337 e. The standard InChI is InChI=1S/C27H24FN3O2/c28-22-10-6-9-20(15-22)26(32)29-23-11-12-24-21(16-23)17-25(27(33)30-13-4-5-14-30)31(24)18-19-7-2-1-3-8-19/h1-3,6-12,15-17H,4-5,13-14,18H2,(H,29,32). The number of nitrogens with zero attached hydrogens (tertiary/aromatic N) is 2. The second kappa shape index (κ2) is 8.90. The van der Waals surface area contributed by atoms with Gasteiger partial charge in [0.05, 0.1) is 0 Å². The molecule has 33 heavy (non-hydrogen) atoms. The van der Waals surface area contributed by atoms with Gasteiger partial charge in [0.15, 0.2) is 0 Å². The van der Waals surface area contributed by atoms with E-state index in [-0.39, 0.29) is 17.4 Å². The smallest absolute Gasteiger partial charge is 0.270 e. The highest BCUT2D eigenvalue weighted by atomic mass is 19.1. The van der Waals surface area contributed by atoms with Crippen LogP contribution in [0.3, 0.4) is 0 Å². The summed E-state index contributed by atoms with van der Waals surface area (Å²) in [5.41, 5.74) is 3.51. The largest absolute Gasteiger partial charge is 0.337 e. The number of hydrogen-bond acceptors (Lipinski definition) is 2. The van der Waals surface area contributed by atoms with E-state index in [9.17, 15) is 14.0 Å². The molecule has 4 aromatic rings. The molecule has 1 aliphatic heterocycles. The summed E-state index contributed by atoms with van der Waals surface area (Å²) in [4.78, 5) is 27.8. The molecule has 0 bridgehead atoms. The van der Waals surface area contributed by atoms with Gasteiger partial charge in [0.1, 0.15) is 11.5 Å². The van der Waals surface area contributed by atoms with Crippen LogP contribution in [0.5, 0.6) is 0 Å². The van der Waals surface area contributed by atoms with Crippen LogP contribution in [0.25, 0.3) is 10.9 Å². The van der Waals surface area contributed by atoms with Crippen LogP contribution in [0.15, 0.2) is 78.9 Å². The quantitative estimate of drug-likeness (QED) is 0.456. The molecule has 3 aromatic carbocycles. The number of fused-ring (bicyclic) bond motifs is 1. The summed E-state index contributed by atoms with van der Waals surface area (Å²) in [6, 6.07) is 23.1. The molecule has 166 valence electrons. The van der Waals surface area contributed by atoms with Gasteiger partial charge in [-0.3, -0.25) is 9.59 Å². The number of anilines is 1. The Kier molecular flexibility index (Phi) is 5.65. The predicted octanol–water partition coefficient (Wildman–Crippen LogP) is 5.32. The fraction of sp³-hybridized carbons (Fsp3) is 0.185. The lowest BCUT2D eigenvalue weighted by Gasteiger charge is -2.17. The maximum atomic E-state index is 13.5. The molecule has 0 spiro atoms. The molecular formula is C27H24FN3O2. The fourth-order valence-corrected chi connectivity index (χ4v) is 4.38. The van der Waals surface area contributed by atoms with Crippen molar-refractivity contribution in [2.75, 3.05) is 18.4 Å². The summed E-state index contributed by atoms with van der Waals surface area (Å²) < 4.78 is 15.5. The molecule has 0 atom stereocenters. The van der Waals surface area contributed by atoms with Gasteiger partial charge < -0.3 is 14.8 Å². The van der Waals surface area contributed by atoms with Gasteiger partial charge in [-0.2, -0.15) is 0 Å². The van der Waals surface area contributed by atoms with E-state index in [1.54, 1.807) is 6.07 Å². The van der Waals surface area contributed by atoms with Crippen molar-refractivity contribution in [2.45, 2.75) is 19.4 Å². The Morgan fingerprint density at radius 3 is 2.42 bits per heavy atom. The van der Waals surface area contributed by atoms with Crippen molar-refractivity contribution >= 4 is 28.4 Å². The first kappa shape index (κ1) is 20.9. The molecule has 1 saturated heterocycles. The Labute approximate surface area is 191 Å². The van der Waals surface area contributed by atoms with Gasteiger partial charge in [-0.15, -0.1) is 0 Å². The third-order valence-corrected chi connectivity index (χ3v) is 6.04. The molecule has 1 aliphatic rings. The van der Waals surface area contributed by atoms with Gasteiger partial charge in [0.25, 0.3) is 11.8 Å². The number of carbonyl (C=O) groups is 2. The lowest BCUT2D eigenvalue weighted by Crippen LogP contribution is -2.29. The zero-order chi connectivity index (χ0) is 22.8. The molecule has 0 aliphatic carbocycles. The van der Waals surface area contributed by atoms with E-state index < -0.39 is 5.82 Å². The first-order valence-corrected chi connectivity index (χ1v) is 11.1. The van der Waals surface area contributed by atoms with Crippen molar-refractivity contribution in [1.82, 2.24) is 9.47 Å². The number of aromatic nitrogens is 1. The summed E-state index contributed by atoms with van der Waals surface area (Å²) in [6.45, 7) is 2.13. The average Bonchev–Trinajstić information content (AvgIpc) is 3.48. The Bertz CT molecular complexity index is 1320. The number of halogens is 1. The average molecular weight is 442 g/mol. The van der Waals surface area contributed by atoms with E-state index in [1.807, 2.05) is 64.1 Å². The monoisotopic (exact) mass is 441 g/mol. The third kappa shape index (κ3) is 4.37. The molecule has 1 fully saturated rings. The highest BCUT2D eigenvalue weighted by Crippen LogP contribution is 2.27. The van der Waals surface area contributed by atoms with Gasteiger partial charge in [0, 0.05) is 41.8 Å². The highest BCUT2D eigenvalue weighted by Gasteiger charge is 2.24. The number of nitrogens with one attached hydrogen (secondary N) is 1. The molecule has 0 unspecified atom stereocenters. The van der Waals surface area contributed by atoms with Crippen molar-refractivity contribution in [3.63, 3.8) is 0 Å². The maximum absolute atomic E-state index is 13.5. The van der Waals surface area contributed by atoms with E-state index in [0.29, 0.717) is 17.9 Å². The van der Waals surface area contributed by atoms with Crippen molar-refractivity contribution < 1.29 is 14.0 Å². The van der Waals surface area contributed by atoms with Gasteiger partial charge in [-0.05, 0) is 60.9 Å². The SMILES string of the molecule is O=C(Nc1ccc2c(c1)cc(C(=O)N1CCCC1)n2Cc1ccccc1)c1cccc(F)c1. The summed E-state index contributed by atoms with van der Waals surface area (Å²) in [7, 11) is 0. The van der Waals surface area contributed by atoms with E-state index >= 15 is 0 Å². The van der Waals surface area contributed by atoms with Crippen LogP contribution >= 0.6 is 0 Å². The van der Waals surface area contributed by atoms with Crippen LogP contribution in [-0.2, 0) is 6.54 Å². The van der Waals surface area contributed by atoms with Gasteiger partial charge in [0.2, 0.25) is 0 Å². The molecule has 2 amide bonds. The lowest BCUT2D eigenvalue weighted by molar-refractivity contribution is 0.0783. The summed E-state index contributed by atoms with van der Waals surface area (Å²) in [5, 5.41) is 3.70. The first-order valence-electron chi connectivity index (χ1n) is 11.1. The van der Waals surface area contributed by atoms with Gasteiger partial charge in [-0.1, -0.05) is 36.4 Å². The Hall–Kier alpha value is -3.93. The number of hydrogen-bond donors (Lipinski definition) is 1. The Balaban J connectivity index is 1.50. The van der Waals surface area contributed by atoms with Gasteiger partial charge in [-0.25, -0.2) is 4.39 Å². The molecule has 5 nitrogen and oxygen atoms in total. The van der Waals surface area contributed by atoms with E-state index in [4.69, 9.17) is 0 Å². The van der Waals surface area contributed by atoms with Crippen molar-refractivity contribution in [1.29, 1.82) is 0 Å². The molecule has 0 radical (unpaired) electrons. The molecule has 5 rings (SSSR count). The lowest BCUT2D eigenvalue weighted by atomic mass is 10.2. The minimum absolute atomic E-state index is 0.0324. The van der Waals surface area contributed by atoms with Crippen molar-refractivity contribution in [3.8, 4) is 0 Å². The molecule has 1 N–H and O–H groups in total.